The summed E-state index contributed by atoms with van der Waals surface area (Å²) in [6.07, 6.45) is 2.68. The average Bonchev–Trinajstić information content (AvgIpc) is 3.24. The first kappa shape index (κ1) is 20.2. The zero-order valence-corrected chi connectivity index (χ0v) is 19.1. The van der Waals surface area contributed by atoms with Crippen molar-refractivity contribution in [2.24, 2.45) is 0 Å². The summed E-state index contributed by atoms with van der Waals surface area (Å²) in [5, 5.41) is 3.64. The van der Waals surface area contributed by atoms with Crippen molar-refractivity contribution in [3.05, 3.63) is 27.6 Å². The number of nitrogens with zero attached hydrogens (tertiary/aromatic N) is 4. The van der Waals surface area contributed by atoms with Gasteiger partial charge in [-0.2, -0.15) is 0 Å². The molecule has 152 valence electrons. The van der Waals surface area contributed by atoms with Crippen molar-refractivity contribution in [1.82, 2.24) is 24.8 Å². The number of imidazole rings is 1. The van der Waals surface area contributed by atoms with Crippen LogP contribution in [0.25, 0.3) is 11.2 Å². The second-order valence-corrected chi connectivity index (χ2v) is 9.21. The van der Waals surface area contributed by atoms with Gasteiger partial charge in [0.05, 0.1) is 6.61 Å². The Bertz CT molecular complexity index is 1080. The van der Waals surface area contributed by atoms with Crippen LogP contribution in [-0.4, -0.2) is 38.1 Å². The number of nitrogens with one attached hydrogen (secondary N) is 1. The van der Waals surface area contributed by atoms with Crippen molar-refractivity contribution in [1.29, 1.82) is 0 Å². The van der Waals surface area contributed by atoms with E-state index in [1.165, 1.54) is 23.7 Å². The van der Waals surface area contributed by atoms with E-state index in [2.05, 4.69) is 55.0 Å². The standard InChI is InChI=1S/C19H21IN6O2S/c1-10(2)24-15(27)3-5-26-18-16(17(21)22-9-23-18)25-19(26)29-14-8-13-11(4-6-28-13)7-12(14)20/h7-10H,3-6H2,1-2H3,(H,24,27)(H2,21,22,23). The molecule has 0 atom stereocenters. The van der Waals surface area contributed by atoms with Crippen LogP contribution in [0.3, 0.4) is 0 Å². The van der Waals surface area contributed by atoms with E-state index in [-0.39, 0.29) is 11.9 Å². The number of anilines is 1. The summed E-state index contributed by atoms with van der Waals surface area (Å²) in [6.45, 7) is 5.05. The lowest BCUT2D eigenvalue weighted by Gasteiger charge is -2.11. The number of rotatable bonds is 6. The van der Waals surface area contributed by atoms with E-state index in [1.807, 2.05) is 18.4 Å². The number of nitrogens with two attached hydrogens (primary N) is 1. The van der Waals surface area contributed by atoms with Gasteiger partial charge in [0.25, 0.3) is 0 Å². The van der Waals surface area contributed by atoms with Crippen molar-refractivity contribution in [3.63, 3.8) is 0 Å². The summed E-state index contributed by atoms with van der Waals surface area (Å²) in [5.74, 6) is 1.24. The maximum Gasteiger partial charge on any atom is 0.221 e. The highest BCUT2D eigenvalue weighted by molar-refractivity contribution is 14.1. The van der Waals surface area contributed by atoms with Crippen LogP contribution in [-0.2, 0) is 17.8 Å². The lowest BCUT2D eigenvalue weighted by molar-refractivity contribution is -0.121. The molecule has 1 amide bonds. The molecule has 0 radical (unpaired) electrons. The number of carbonyl (C=O) groups excluding carboxylic acids is 1. The van der Waals surface area contributed by atoms with Crippen molar-refractivity contribution < 1.29 is 9.53 Å². The van der Waals surface area contributed by atoms with Gasteiger partial charge < -0.3 is 20.4 Å². The number of amides is 1. The van der Waals surface area contributed by atoms with Crippen LogP contribution in [0.4, 0.5) is 5.82 Å². The van der Waals surface area contributed by atoms with E-state index in [0.29, 0.717) is 29.9 Å². The van der Waals surface area contributed by atoms with E-state index in [9.17, 15) is 4.79 Å². The fourth-order valence-electron chi connectivity index (χ4n) is 3.17. The number of aromatic nitrogens is 4. The van der Waals surface area contributed by atoms with E-state index in [1.54, 1.807) is 0 Å². The molecule has 1 aliphatic heterocycles. The van der Waals surface area contributed by atoms with Gasteiger partial charge in [-0.3, -0.25) is 4.79 Å². The Kier molecular flexibility index (Phi) is 5.81. The molecule has 1 aliphatic rings. The summed E-state index contributed by atoms with van der Waals surface area (Å²) in [4.78, 5) is 26.3. The lowest BCUT2D eigenvalue weighted by Crippen LogP contribution is -2.30. The number of aryl methyl sites for hydroxylation is 1. The van der Waals surface area contributed by atoms with Crippen LogP contribution in [0.2, 0.25) is 0 Å². The minimum atomic E-state index is -0.0136. The number of hydrogen-bond donors (Lipinski definition) is 2. The predicted octanol–water partition coefficient (Wildman–Crippen LogP) is 3.01. The van der Waals surface area contributed by atoms with Crippen LogP contribution in [0.15, 0.2) is 28.5 Å². The first-order valence-corrected chi connectivity index (χ1v) is 11.2. The molecule has 3 N–H and O–H groups in total. The second-order valence-electron chi connectivity index (χ2n) is 7.04. The van der Waals surface area contributed by atoms with Gasteiger partial charge >= 0.3 is 0 Å². The van der Waals surface area contributed by atoms with Crippen LogP contribution in [0.1, 0.15) is 25.8 Å². The van der Waals surface area contributed by atoms with Crippen LogP contribution < -0.4 is 15.8 Å². The molecule has 0 bridgehead atoms. The summed E-state index contributed by atoms with van der Waals surface area (Å²) in [7, 11) is 0. The third-order valence-electron chi connectivity index (χ3n) is 4.48. The maximum atomic E-state index is 12.2. The Balaban J connectivity index is 1.68. The first-order chi connectivity index (χ1) is 13.9. The molecule has 29 heavy (non-hydrogen) atoms. The zero-order chi connectivity index (χ0) is 20.5. The molecule has 0 saturated heterocycles. The molecule has 3 heterocycles. The molecule has 0 saturated carbocycles. The van der Waals surface area contributed by atoms with E-state index in [4.69, 9.17) is 10.5 Å². The van der Waals surface area contributed by atoms with Gasteiger partial charge in [-0.15, -0.1) is 0 Å². The van der Waals surface area contributed by atoms with Crippen molar-refractivity contribution in [2.45, 2.75) is 49.3 Å². The van der Waals surface area contributed by atoms with E-state index in [0.717, 1.165) is 32.4 Å². The Morgan fingerprint density at radius 3 is 3.03 bits per heavy atom. The normalized spacial score (nSPS) is 13.0. The van der Waals surface area contributed by atoms with E-state index < -0.39 is 0 Å². The van der Waals surface area contributed by atoms with Crippen molar-refractivity contribution >= 4 is 57.2 Å². The molecule has 3 aromatic rings. The highest BCUT2D eigenvalue weighted by Gasteiger charge is 2.20. The number of nitrogen functional groups attached to an aromatic ring is 1. The smallest absolute Gasteiger partial charge is 0.221 e. The molecule has 0 aliphatic carbocycles. The Hall–Kier alpha value is -2.08. The molecule has 0 fully saturated rings. The Morgan fingerprint density at radius 1 is 1.41 bits per heavy atom. The molecular weight excluding hydrogens is 503 g/mol. The largest absolute Gasteiger partial charge is 0.493 e. The molecule has 10 heteroatoms. The number of carbonyl (C=O) groups is 1. The minimum Gasteiger partial charge on any atom is -0.493 e. The fraction of sp³-hybridized carbons (Fsp3) is 0.368. The van der Waals surface area contributed by atoms with Crippen molar-refractivity contribution in [3.8, 4) is 5.75 Å². The molecule has 8 nitrogen and oxygen atoms in total. The topological polar surface area (TPSA) is 108 Å². The molecule has 0 unspecified atom stereocenters. The van der Waals surface area contributed by atoms with Gasteiger partial charge in [-0.05, 0) is 54.1 Å². The first-order valence-electron chi connectivity index (χ1n) is 9.31. The molecule has 2 aromatic heterocycles. The molecular formula is C19H21IN6O2S. The summed E-state index contributed by atoms with van der Waals surface area (Å²) in [5.41, 5.74) is 8.43. The third-order valence-corrected chi connectivity index (χ3v) is 6.79. The average molecular weight is 524 g/mol. The van der Waals surface area contributed by atoms with Crippen molar-refractivity contribution in [2.75, 3.05) is 12.3 Å². The number of halogens is 1. The number of hydrogen-bond acceptors (Lipinski definition) is 7. The molecule has 1 aromatic carbocycles. The van der Waals surface area contributed by atoms with Gasteiger partial charge in [0.15, 0.2) is 22.1 Å². The zero-order valence-electron chi connectivity index (χ0n) is 16.1. The monoisotopic (exact) mass is 524 g/mol. The van der Waals surface area contributed by atoms with Gasteiger partial charge in [0.1, 0.15) is 12.1 Å². The van der Waals surface area contributed by atoms with Gasteiger partial charge in [-0.25, -0.2) is 15.0 Å². The quantitative estimate of drug-likeness (QED) is 0.478. The van der Waals surface area contributed by atoms with Gasteiger partial charge in [-0.1, -0.05) is 11.8 Å². The van der Waals surface area contributed by atoms with Gasteiger partial charge in [0, 0.05) is 33.9 Å². The number of benzene rings is 1. The van der Waals surface area contributed by atoms with Crippen LogP contribution in [0.5, 0.6) is 5.75 Å². The highest BCUT2D eigenvalue weighted by Crippen LogP contribution is 2.38. The Labute approximate surface area is 186 Å². The SMILES string of the molecule is CC(C)NC(=O)CCn1c(Sc2cc3c(cc2I)CCO3)nc2c(N)ncnc21. The fourth-order valence-corrected chi connectivity index (χ4v) is 4.98. The summed E-state index contributed by atoms with van der Waals surface area (Å²) < 4.78 is 8.78. The minimum absolute atomic E-state index is 0.0136. The van der Waals surface area contributed by atoms with Gasteiger partial charge in [0.2, 0.25) is 5.91 Å². The highest BCUT2D eigenvalue weighted by atomic mass is 127. The number of ether oxygens (including phenoxy) is 1. The maximum absolute atomic E-state index is 12.2. The van der Waals surface area contributed by atoms with E-state index >= 15 is 0 Å². The second kappa shape index (κ2) is 8.34. The van der Waals surface area contributed by atoms with Crippen LogP contribution in [0, 0.1) is 3.57 Å². The van der Waals surface area contributed by atoms with Crippen LogP contribution >= 0.6 is 34.4 Å². The Morgan fingerprint density at radius 2 is 2.24 bits per heavy atom. The molecule has 4 rings (SSSR count). The summed E-state index contributed by atoms with van der Waals surface area (Å²) in [6, 6.07) is 4.31. The predicted molar refractivity (Wildman–Crippen MR) is 120 cm³/mol. The summed E-state index contributed by atoms with van der Waals surface area (Å²) >= 11 is 3.85. The molecule has 0 spiro atoms. The third kappa shape index (κ3) is 4.27. The number of fused-ring (bicyclic) bond motifs is 2. The lowest BCUT2D eigenvalue weighted by atomic mass is 10.2.